The Labute approximate surface area is 171 Å². The third-order valence-corrected chi connectivity index (χ3v) is 4.41. The number of aromatic nitrogens is 8. The van der Waals surface area contributed by atoms with E-state index in [9.17, 15) is 9.59 Å². The van der Waals surface area contributed by atoms with Crippen molar-refractivity contribution in [1.29, 1.82) is 0 Å². The second-order valence-electron chi connectivity index (χ2n) is 6.65. The summed E-state index contributed by atoms with van der Waals surface area (Å²) >= 11 is 0. The minimum atomic E-state index is -0.271. The van der Waals surface area contributed by atoms with Crippen molar-refractivity contribution in [2.45, 2.75) is 20.4 Å². The maximum absolute atomic E-state index is 12.5. The van der Waals surface area contributed by atoms with E-state index in [0.29, 0.717) is 17.1 Å². The fourth-order valence-corrected chi connectivity index (χ4v) is 3.02. The highest BCUT2D eigenvalue weighted by molar-refractivity contribution is 5.94. The molecule has 11 heteroatoms. The van der Waals surface area contributed by atoms with E-state index in [1.54, 1.807) is 35.0 Å². The molecule has 0 atom stereocenters. The van der Waals surface area contributed by atoms with Gasteiger partial charge < -0.3 is 5.32 Å². The number of hydrogen-bond donors (Lipinski definition) is 1. The fourth-order valence-electron chi connectivity index (χ4n) is 3.02. The maximum Gasteiger partial charge on any atom is 0.266 e. The van der Waals surface area contributed by atoms with E-state index in [4.69, 9.17) is 0 Å². The molecule has 1 amide bonds. The third kappa shape index (κ3) is 3.99. The Hall–Kier alpha value is -4.15. The smallest absolute Gasteiger partial charge is 0.266 e. The molecule has 0 aliphatic rings. The van der Waals surface area contributed by atoms with Gasteiger partial charge >= 0.3 is 0 Å². The summed E-state index contributed by atoms with van der Waals surface area (Å²) in [5.41, 5.74) is 2.65. The summed E-state index contributed by atoms with van der Waals surface area (Å²) < 4.78 is 4.45. The maximum atomic E-state index is 12.5. The van der Waals surface area contributed by atoms with E-state index >= 15 is 0 Å². The summed E-state index contributed by atoms with van der Waals surface area (Å²) in [4.78, 5) is 24.6. The highest BCUT2D eigenvalue weighted by atomic mass is 16.2. The molecule has 1 aromatic carbocycles. The highest BCUT2D eigenvalue weighted by Crippen LogP contribution is 2.09. The number of benzene rings is 1. The lowest BCUT2D eigenvalue weighted by molar-refractivity contribution is 0.0951. The molecule has 0 radical (unpaired) electrons. The second-order valence-corrected chi connectivity index (χ2v) is 6.65. The zero-order chi connectivity index (χ0) is 21.1. The van der Waals surface area contributed by atoms with E-state index in [1.165, 1.54) is 21.8 Å². The Bertz CT molecular complexity index is 1240. The number of rotatable bonds is 6. The van der Waals surface area contributed by atoms with E-state index in [0.717, 1.165) is 11.4 Å². The van der Waals surface area contributed by atoms with E-state index in [1.807, 2.05) is 19.9 Å². The summed E-state index contributed by atoms with van der Waals surface area (Å²) in [6.45, 7) is 4.27. The van der Waals surface area contributed by atoms with Crippen LogP contribution in [0.2, 0.25) is 0 Å². The molecule has 3 heterocycles. The molecule has 1 N–H and O–H groups in total. The van der Waals surface area contributed by atoms with Gasteiger partial charge in [0.15, 0.2) is 5.82 Å². The van der Waals surface area contributed by atoms with Gasteiger partial charge in [-0.1, -0.05) is 6.07 Å². The van der Waals surface area contributed by atoms with Crippen LogP contribution >= 0.6 is 0 Å². The van der Waals surface area contributed by atoms with Gasteiger partial charge in [0, 0.05) is 23.9 Å². The summed E-state index contributed by atoms with van der Waals surface area (Å²) in [6.07, 6.45) is 1.45. The molecule has 30 heavy (non-hydrogen) atoms. The lowest BCUT2D eigenvalue weighted by atomic mass is 10.2. The standard InChI is InChI=1S/C19H19N9O2/c1-13-10-14(2)28(22-13)17-6-7-18(29)26(23-17)9-8-20-19(30)15-4-3-5-16(11-15)27-12-21-24-25-27/h3-7,10-12H,8-9H2,1-2H3,(H,20,30). The molecule has 0 fully saturated rings. The van der Waals surface area contributed by atoms with Crippen molar-refractivity contribution in [3.05, 3.63) is 76.1 Å². The van der Waals surface area contributed by atoms with Crippen LogP contribution < -0.4 is 10.9 Å². The third-order valence-electron chi connectivity index (χ3n) is 4.41. The van der Waals surface area contributed by atoms with Crippen molar-refractivity contribution in [3.63, 3.8) is 0 Å². The molecule has 0 saturated heterocycles. The van der Waals surface area contributed by atoms with Gasteiger partial charge in [-0.15, -0.1) is 10.2 Å². The summed E-state index contributed by atoms with van der Waals surface area (Å²) in [5.74, 6) is 0.272. The van der Waals surface area contributed by atoms with Gasteiger partial charge in [-0.05, 0) is 54.6 Å². The van der Waals surface area contributed by atoms with Crippen LogP contribution in [-0.2, 0) is 6.54 Å². The number of amides is 1. The topological polar surface area (TPSA) is 125 Å². The summed E-state index contributed by atoms with van der Waals surface area (Å²) in [6, 6.07) is 11.9. The van der Waals surface area contributed by atoms with Crippen LogP contribution in [0.5, 0.6) is 0 Å². The first-order valence-corrected chi connectivity index (χ1v) is 9.25. The van der Waals surface area contributed by atoms with Crippen LogP contribution in [-0.4, -0.2) is 52.2 Å². The first-order chi connectivity index (χ1) is 14.5. The molecule has 0 unspecified atom stereocenters. The van der Waals surface area contributed by atoms with Crippen LogP contribution in [0.25, 0.3) is 11.5 Å². The number of carbonyl (C=O) groups is 1. The lowest BCUT2D eigenvalue weighted by Crippen LogP contribution is -2.32. The molecule has 3 aromatic heterocycles. The number of carbonyl (C=O) groups excluding carboxylic acids is 1. The van der Waals surface area contributed by atoms with Gasteiger partial charge in [-0.3, -0.25) is 9.59 Å². The van der Waals surface area contributed by atoms with Gasteiger partial charge in [0.2, 0.25) is 0 Å². The zero-order valence-corrected chi connectivity index (χ0v) is 16.4. The first kappa shape index (κ1) is 19.2. The largest absolute Gasteiger partial charge is 0.350 e. The zero-order valence-electron chi connectivity index (χ0n) is 16.4. The molecule has 152 valence electrons. The van der Waals surface area contributed by atoms with Crippen molar-refractivity contribution in [2.24, 2.45) is 0 Å². The van der Waals surface area contributed by atoms with Crippen molar-refractivity contribution in [3.8, 4) is 11.5 Å². The monoisotopic (exact) mass is 405 g/mol. The van der Waals surface area contributed by atoms with Gasteiger partial charge in [-0.25, -0.2) is 14.0 Å². The molecule has 0 aliphatic carbocycles. The number of tetrazole rings is 1. The Morgan fingerprint density at radius 1 is 1.10 bits per heavy atom. The molecule has 11 nitrogen and oxygen atoms in total. The second kappa shape index (κ2) is 8.07. The minimum absolute atomic E-state index is 0.227. The average molecular weight is 405 g/mol. The van der Waals surface area contributed by atoms with E-state index < -0.39 is 0 Å². The van der Waals surface area contributed by atoms with Gasteiger partial charge in [0.05, 0.1) is 17.9 Å². The molecular weight excluding hydrogens is 386 g/mol. The van der Waals surface area contributed by atoms with Gasteiger partial charge in [0.1, 0.15) is 6.33 Å². The SMILES string of the molecule is Cc1cc(C)n(-c2ccc(=O)n(CCNC(=O)c3cccc(-n4cnnn4)c3)n2)n1. The predicted octanol–water partition coefficient (Wildman–Crippen LogP) is 0.452. The van der Waals surface area contributed by atoms with Crippen LogP contribution in [0, 0.1) is 13.8 Å². The Morgan fingerprint density at radius 2 is 1.97 bits per heavy atom. The lowest BCUT2D eigenvalue weighted by Gasteiger charge is -2.10. The van der Waals surface area contributed by atoms with Gasteiger partial charge in [0.25, 0.3) is 11.5 Å². The van der Waals surface area contributed by atoms with Crippen LogP contribution in [0.3, 0.4) is 0 Å². The molecular formula is C19H19N9O2. The molecule has 0 spiro atoms. The van der Waals surface area contributed by atoms with Crippen LogP contribution in [0.4, 0.5) is 0 Å². The fraction of sp³-hybridized carbons (Fsp3) is 0.211. The molecule has 0 bridgehead atoms. The summed E-state index contributed by atoms with van der Waals surface area (Å²) in [7, 11) is 0. The van der Waals surface area contributed by atoms with Crippen LogP contribution in [0.1, 0.15) is 21.7 Å². The van der Waals surface area contributed by atoms with Crippen molar-refractivity contribution in [2.75, 3.05) is 6.54 Å². The molecule has 4 rings (SSSR count). The molecule has 0 saturated carbocycles. The highest BCUT2D eigenvalue weighted by Gasteiger charge is 2.10. The molecule has 4 aromatic rings. The first-order valence-electron chi connectivity index (χ1n) is 9.25. The number of aryl methyl sites for hydroxylation is 2. The minimum Gasteiger partial charge on any atom is -0.350 e. The summed E-state index contributed by atoms with van der Waals surface area (Å²) in [5, 5.41) is 22.5. The average Bonchev–Trinajstić information content (AvgIpc) is 3.39. The Balaban J connectivity index is 1.44. The van der Waals surface area contributed by atoms with E-state index in [2.05, 4.69) is 31.0 Å². The quantitative estimate of drug-likeness (QED) is 0.494. The van der Waals surface area contributed by atoms with Crippen molar-refractivity contribution in [1.82, 2.24) is 45.1 Å². The van der Waals surface area contributed by atoms with E-state index in [-0.39, 0.29) is 24.6 Å². The van der Waals surface area contributed by atoms with Crippen LogP contribution in [0.15, 0.2) is 53.6 Å². The number of hydrogen-bond acceptors (Lipinski definition) is 7. The van der Waals surface area contributed by atoms with Crippen molar-refractivity contribution >= 4 is 5.91 Å². The molecule has 0 aliphatic heterocycles. The van der Waals surface area contributed by atoms with Gasteiger partial charge in [-0.2, -0.15) is 5.10 Å². The Morgan fingerprint density at radius 3 is 2.70 bits per heavy atom. The number of nitrogens with zero attached hydrogens (tertiary/aromatic N) is 8. The Kier molecular flexibility index (Phi) is 5.16. The predicted molar refractivity (Wildman–Crippen MR) is 107 cm³/mol. The van der Waals surface area contributed by atoms with Crippen molar-refractivity contribution < 1.29 is 4.79 Å². The number of nitrogens with one attached hydrogen (secondary N) is 1. The normalized spacial score (nSPS) is 10.9.